The van der Waals surface area contributed by atoms with E-state index in [1.165, 1.54) is 25.9 Å². The van der Waals surface area contributed by atoms with Crippen LogP contribution in [0.3, 0.4) is 0 Å². The van der Waals surface area contributed by atoms with Gasteiger partial charge < -0.3 is 10.3 Å². The van der Waals surface area contributed by atoms with Gasteiger partial charge in [0.1, 0.15) is 0 Å². The Balaban J connectivity index is 0.000000177. The molecule has 5 nitrogen and oxygen atoms in total. The molecule has 0 atom stereocenters. The minimum absolute atomic E-state index is 0.214. The van der Waals surface area contributed by atoms with Gasteiger partial charge in [0.2, 0.25) is 0 Å². The van der Waals surface area contributed by atoms with Crippen LogP contribution in [0.25, 0.3) is 11.2 Å². The Labute approximate surface area is 121 Å². The minimum atomic E-state index is -0.214. The van der Waals surface area contributed by atoms with Crippen molar-refractivity contribution >= 4 is 32.9 Å². The van der Waals surface area contributed by atoms with Gasteiger partial charge in [0.15, 0.2) is 5.65 Å². The van der Waals surface area contributed by atoms with E-state index in [1.807, 2.05) is 0 Å². The number of aromatic amines is 2. The van der Waals surface area contributed by atoms with Gasteiger partial charge in [0.05, 0.1) is 5.52 Å². The van der Waals surface area contributed by atoms with Crippen LogP contribution in [0.1, 0.15) is 19.8 Å². The number of aromatic nitrogens is 3. The summed E-state index contributed by atoms with van der Waals surface area (Å²) in [5.74, 6) is 0.973. The van der Waals surface area contributed by atoms with Gasteiger partial charge in [-0.05, 0) is 44.0 Å². The summed E-state index contributed by atoms with van der Waals surface area (Å²) in [5, 5.41) is 3.32. The first-order chi connectivity index (χ1) is 9.25. The Bertz CT molecular complexity index is 483. The Morgan fingerprint density at radius 3 is 2.47 bits per heavy atom. The van der Waals surface area contributed by atoms with Crippen LogP contribution in [-0.2, 0) is 0 Å². The zero-order chi connectivity index (χ0) is 14.1. The summed E-state index contributed by atoms with van der Waals surface area (Å²) < 4.78 is 0. The lowest BCUT2D eigenvalue weighted by Crippen LogP contribution is -2.26. The number of nitrogens with one attached hydrogen (secondary N) is 3. The fraction of sp³-hybridized carbons (Fsp3) is 0.500. The number of halogens is 2. The predicted molar refractivity (Wildman–Crippen MR) is 79.7 cm³/mol. The Kier molecular flexibility index (Phi) is 7.55. The zero-order valence-electron chi connectivity index (χ0n) is 10.7. The molecule has 1 fully saturated rings. The summed E-state index contributed by atoms with van der Waals surface area (Å²) in [6.45, 7) is 4.79. The molecule has 0 bridgehead atoms. The van der Waals surface area contributed by atoms with Crippen LogP contribution in [0.4, 0.5) is 0 Å². The molecule has 106 valence electrons. The lowest BCUT2D eigenvalue weighted by Gasteiger charge is -2.17. The van der Waals surface area contributed by atoms with E-state index >= 15 is 0 Å². The number of rotatable bonds is 0. The van der Waals surface area contributed by atoms with Crippen LogP contribution >= 0.6 is 21.7 Å². The minimum Gasteiger partial charge on any atom is -0.317 e. The molecule has 0 amide bonds. The van der Waals surface area contributed by atoms with E-state index < -0.39 is 0 Å². The highest BCUT2D eigenvalue weighted by Crippen LogP contribution is 2.08. The van der Waals surface area contributed by atoms with Crippen LogP contribution in [0.2, 0.25) is 0 Å². The molecule has 1 aliphatic heterocycles. The van der Waals surface area contributed by atoms with E-state index in [9.17, 15) is 4.79 Å². The Morgan fingerprint density at radius 2 is 1.95 bits per heavy atom. The molecule has 0 spiro atoms. The maximum absolute atomic E-state index is 10.6. The molecule has 3 rings (SSSR count). The average Bonchev–Trinajstić information content (AvgIpc) is 2.82. The van der Waals surface area contributed by atoms with Crippen LogP contribution in [0, 0.1) is 5.92 Å². The number of pyridine rings is 1. The summed E-state index contributed by atoms with van der Waals surface area (Å²) in [4.78, 5) is 19.7. The third-order valence-corrected chi connectivity index (χ3v) is 2.92. The number of nitrogens with zero attached hydrogens (tertiary/aromatic N) is 1. The van der Waals surface area contributed by atoms with E-state index in [2.05, 4.69) is 48.9 Å². The molecule has 2 aromatic rings. The SMILES string of the molecule is CC1CCNCC1.ClCl.O=c1[nH]c2cccnc2[nH]1. The van der Waals surface area contributed by atoms with Crippen LogP contribution in [0.5, 0.6) is 0 Å². The third-order valence-electron chi connectivity index (χ3n) is 2.92. The highest BCUT2D eigenvalue weighted by Gasteiger charge is 2.05. The molecule has 0 radical (unpaired) electrons. The summed E-state index contributed by atoms with van der Waals surface area (Å²) >= 11 is 0. The van der Waals surface area contributed by atoms with Crippen molar-refractivity contribution in [2.24, 2.45) is 5.92 Å². The number of H-pyrrole nitrogens is 2. The van der Waals surface area contributed by atoms with Crippen molar-refractivity contribution in [2.45, 2.75) is 19.8 Å². The summed E-state index contributed by atoms with van der Waals surface area (Å²) in [6, 6.07) is 3.56. The van der Waals surface area contributed by atoms with Gasteiger partial charge in [-0.1, -0.05) is 6.92 Å². The second-order valence-corrected chi connectivity index (χ2v) is 4.41. The highest BCUT2D eigenvalue weighted by atomic mass is 36.5. The average molecular weight is 305 g/mol. The molecule has 19 heavy (non-hydrogen) atoms. The standard InChI is InChI=1S/C6H5N3O.C6H13N.Cl2/c10-6-8-4-2-1-3-7-5(4)9-6;1-6-2-4-7-5-3-6;1-2/h1-3H,(H2,7,8,9,10);6-7H,2-5H2,1H3;. The number of hydrogen-bond acceptors (Lipinski definition) is 3. The Hall–Kier alpha value is -1.04. The first-order valence-corrected chi connectivity index (χ1v) is 7.28. The van der Waals surface area contributed by atoms with Gasteiger partial charge in [-0.25, -0.2) is 9.78 Å². The van der Waals surface area contributed by atoms with E-state index in [-0.39, 0.29) is 5.69 Å². The molecule has 7 heteroatoms. The highest BCUT2D eigenvalue weighted by molar-refractivity contribution is 6.85. The van der Waals surface area contributed by atoms with Gasteiger partial charge >= 0.3 is 5.69 Å². The first kappa shape index (κ1) is 16.0. The lowest BCUT2D eigenvalue weighted by atomic mass is 10.0. The molecule has 0 unspecified atom stereocenters. The number of fused-ring (bicyclic) bond motifs is 1. The maximum atomic E-state index is 10.6. The largest absolute Gasteiger partial charge is 0.325 e. The monoisotopic (exact) mass is 304 g/mol. The number of hydrogen-bond donors (Lipinski definition) is 3. The molecule has 0 aliphatic carbocycles. The third kappa shape index (κ3) is 5.63. The Morgan fingerprint density at radius 1 is 1.26 bits per heavy atom. The quantitative estimate of drug-likeness (QED) is 0.700. The van der Waals surface area contributed by atoms with Crippen molar-refractivity contribution in [3.8, 4) is 0 Å². The first-order valence-electron chi connectivity index (χ1n) is 6.14. The van der Waals surface area contributed by atoms with Crippen LogP contribution in [-0.4, -0.2) is 28.0 Å². The summed E-state index contributed by atoms with van der Waals surface area (Å²) in [6.07, 6.45) is 4.38. The van der Waals surface area contributed by atoms with Crippen molar-refractivity contribution < 1.29 is 0 Å². The van der Waals surface area contributed by atoms with Crippen LogP contribution in [0.15, 0.2) is 23.1 Å². The maximum Gasteiger partial charge on any atom is 0.325 e. The smallest absolute Gasteiger partial charge is 0.317 e. The molecule has 0 saturated carbocycles. The van der Waals surface area contributed by atoms with E-state index in [4.69, 9.17) is 0 Å². The molecule has 3 N–H and O–H groups in total. The van der Waals surface area contributed by atoms with E-state index in [0.29, 0.717) is 5.65 Å². The van der Waals surface area contributed by atoms with Crippen LogP contribution < -0.4 is 11.0 Å². The van der Waals surface area contributed by atoms with Crippen molar-refractivity contribution in [1.82, 2.24) is 20.3 Å². The van der Waals surface area contributed by atoms with Crippen molar-refractivity contribution in [3.63, 3.8) is 0 Å². The summed E-state index contributed by atoms with van der Waals surface area (Å²) in [7, 11) is 8.22. The second-order valence-electron chi connectivity index (χ2n) is 4.41. The molecular weight excluding hydrogens is 287 g/mol. The summed E-state index contributed by atoms with van der Waals surface area (Å²) in [5.41, 5.74) is 1.13. The topological polar surface area (TPSA) is 73.6 Å². The number of piperidine rings is 1. The molecule has 1 saturated heterocycles. The molecular formula is C12H18Cl2N4O. The van der Waals surface area contributed by atoms with E-state index in [1.54, 1.807) is 18.3 Å². The normalized spacial score (nSPS) is 15.1. The second kappa shape index (κ2) is 8.96. The van der Waals surface area contributed by atoms with Gasteiger partial charge in [-0.2, -0.15) is 0 Å². The molecule has 0 aromatic carbocycles. The fourth-order valence-electron chi connectivity index (χ4n) is 1.83. The molecule has 1 aliphatic rings. The fourth-order valence-corrected chi connectivity index (χ4v) is 1.83. The van der Waals surface area contributed by atoms with Crippen molar-refractivity contribution in [1.29, 1.82) is 0 Å². The van der Waals surface area contributed by atoms with Gasteiger partial charge in [0, 0.05) is 27.9 Å². The van der Waals surface area contributed by atoms with Crippen molar-refractivity contribution in [3.05, 3.63) is 28.8 Å². The van der Waals surface area contributed by atoms with Crippen molar-refractivity contribution in [2.75, 3.05) is 13.1 Å². The zero-order valence-corrected chi connectivity index (χ0v) is 12.3. The number of imidazole rings is 1. The predicted octanol–water partition coefficient (Wildman–Crippen LogP) is 2.64. The molecule has 3 heterocycles. The van der Waals surface area contributed by atoms with Gasteiger partial charge in [0.25, 0.3) is 0 Å². The lowest BCUT2D eigenvalue weighted by molar-refractivity contribution is 0.402. The molecule has 2 aromatic heterocycles. The van der Waals surface area contributed by atoms with E-state index in [0.717, 1.165) is 11.4 Å². The van der Waals surface area contributed by atoms with Gasteiger partial charge in [-0.15, -0.1) is 0 Å². The van der Waals surface area contributed by atoms with Gasteiger partial charge in [-0.3, -0.25) is 4.98 Å².